The third-order valence-corrected chi connectivity index (χ3v) is 6.00. The van der Waals surface area contributed by atoms with E-state index in [1.54, 1.807) is 4.57 Å². The molecule has 1 aromatic heterocycles. The van der Waals surface area contributed by atoms with Crippen molar-refractivity contribution >= 4 is 23.2 Å². The minimum absolute atomic E-state index is 0.144. The minimum atomic E-state index is -4.54. The maximum atomic E-state index is 14.0. The topological polar surface area (TPSA) is 24.3 Å². The van der Waals surface area contributed by atoms with Gasteiger partial charge in [0, 0.05) is 26.2 Å². The van der Waals surface area contributed by atoms with Crippen LogP contribution in [0.5, 0.6) is 0 Å². The third-order valence-electron chi connectivity index (χ3n) is 5.71. The van der Waals surface area contributed by atoms with Crippen LogP contribution in [0.15, 0.2) is 42.5 Å². The summed E-state index contributed by atoms with van der Waals surface area (Å²) in [5.41, 5.74) is 3.07. The van der Waals surface area contributed by atoms with Gasteiger partial charge in [0.1, 0.15) is 0 Å². The average Bonchev–Trinajstić information content (AvgIpc) is 3.07. The van der Waals surface area contributed by atoms with Crippen LogP contribution in [-0.2, 0) is 25.8 Å². The summed E-state index contributed by atoms with van der Waals surface area (Å²) in [6.07, 6.45) is -3.83. The van der Waals surface area contributed by atoms with Gasteiger partial charge in [-0.1, -0.05) is 48.0 Å². The molecule has 1 aliphatic heterocycles. The quantitative estimate of drug-likeness (QED) is 0.441. The normalized spacial score (nSPS) is 14.2. The Hall–Kier alpha value is -2.51. The summed E-state index contributed by atoms with van der Waals surface area (Å²) in [4.78, 5) is 7.84. The van der Waals surface area contributed by atoms with E-state index >= 15 is 0 Å². The highest BCUT2D eigenvalue weighted by molar-refractivity contribution is 6.33. The zero-order valence-corrected chi connectivity index (χ0v) is 19.1. The predicted octanol–water partition coefficient (Wildman–Crippen LogP) is 6.35. The van der Waals surface area contributed by atoms with Gasteiger partial charge in [-0.2, -0.15) is 13.2 Å². The zero-order valence-electron chi connectivity index (χ0n) is 18.4. The molecule has 4 rings (SSSR count). The van der Waals surface area contributed by atoms with Crippen LogP contribution < -0.4 is 4.90 Å². The van der Waals surface area contributed by atoms with Crippen LogP contribution in [0.1, 0.15) is 34.5 Å². The van der Waals surface area contributed by atoms with Gasteiger partial charge in [0.15, 0.2) is 5.69 Å². The molecule has 2 heterocycles. The van der Waals surface area contributed by atoms with Crippen LogP contribution in [0.2, 0.25) is 5.02 Å². The van der Waals surface area contributed by atoms with Crippen molar-refractivity contribution in [2.75, 3.05) is 18.5 Å². The number of nitrogens with zero attached hydrogens (tertiary/aromatic N) is 4. The van der Waals surface area contributed by atoms with Crippen molar-refractivity contribution in [3.63, 3.8) is 0 Å². The summed E-state index contributed by atoms with van der Waals surface area (Å²) in [5, 5.41) is 0.523. The fourth-order valence-corrected chi connectivity index (χ4v) is 4.88. The highest BCUT2D eigenvalue weighted by Gasteiger charge is 2.41. The molecule has 2 aromatic carbocycles. The van der Waals surface area contributed by atoms with E-state index < -0.39 is 11.9 Å². The Morgan fingerprint density at radius 3 is 2.44 bits per heavy atom. The fraction of sp³-hybridized carbons (Fsp3) is 0.375. The van der Waals surface area contributed by atoms with Crippen LogP contribution in [0, 0.1) is 13.8 Å². The first-order valence-electron chi connectivity index (χ1n) is 10.6. The van der Waals surface area contributed by atoms with E-state index in [1.165, 1.54) is 0 Å². The molecule has 170 valence electrons. The number of aryl methyl sites for hydroxylation is 2. The van der Waals surface area contributed by atoms with Crippen LogP contribution >= 0.6 is 11.6 Å². The summed E-state index contributed by atoms with van der Waals surface area (Å²) in [5.74, 6) is 0.306. The number of benzene rings is 2. The van der Waals surface area contributed by atoms with Crippen LogP contribution in [0.3, 0.4) is 0 Å². The van der Waals surface area contributed by atoms with Gasteiger partial charge in [0.25, 0.3) is 0 Å². The smallest absolute Gasteiger partial charge is 0.312 e. The van der Waals surface area contributed by atoms with E-state index in [9.17, 15) is 13.2 Å². The lowest BCUT2D eigenvalue weighted by Crippen LogP contribution is -2.30. The summed E-state index contributed by atoms with van der Waals surface area (Å²) in [6.45, 7) is 5.62. The maximum absolute atomic E-state index is 14.0. The van der Waals surface area contributed by atoms with Crippen LogP contribution in [0.4, 0.5) is 24.8 Å². The molecule has 8 heteroatoms. The molecule has 0 spiro atoms. The number of anilines is 2. The summed E-state index contributed by atoms with van der Waals surface area (Å²) < 4.78 is 43.8. The molecule has 0 fully saturated rings. The average molecular weight is 463 g/mol. The lowest BCUT2D eigenvalue weighted by Gasteiger charge is -2.32. The number of rotatable bonds is 5. The lowest BCUT2D eigenvalue weighted by atomic mass is 10.1. The Bertz CT molecular complexity index is 1090. The van der Waals surface area contributed by atoms with E-state index in [0.29, 0.717) is 37.0 Å². The number of hydrogen-bond donors (Lipinski definition) is 0. The SMILES string of the molecule is Cc1cc(C)c(N2CCCn3c2nc(C(F)(F)F)c3CN(C)Cc2ccccc2)c(Cl)c1. The second-order valence-corrected chi connectivity index (χ2v) is 8.84. The van der Waals surface area contributed by atoms with Crippen molar-refractivity contribution in [1.82, 2.24) is 14.5 Å². The molecular formula is C24H26ClF3N4. The van der Waals surface area contributed by atoms with E-state index in [-0.39, 0.29) is 12.2 Å². The second kappa shape index (κ2) is 8.79. The van der Waals surface area contributed by atoms with Gasteiger partial charge in [-0.3, -0.25) is 4.90 Å². The van der Waals surface area contributed by atoms with Crippen molar-refractivity contribution in [2.24, 2.45) is 0 Å². The molecule has 0 bridgehead atoms. The number of hydrogen-bond acceptors (Lipinski definition) is 3. The molecule has 0 aliphatic carbocycles. The lowest BCUT2D eigenvalue weighted by molar-refractivity contribution is -0.141. The van der Waals surface area contributed by atoms with Crippen LogP contribution in [-0.4, -0.2) is 28.0 Å². The van der Waals surface area contributed by atoms with E-state index in [4.69, 9.17) is 11.6 Å². The molecule has 4 nitrogen and oxygen atoms in total. The van der Waals surface area contributed by atoms with Gasteiger partial charge < -0.3 is 9.47 Å². The first-order valence-corrected chi connectivity index (χ1v) is 11.0. The van der Waals surface area contributed by atoms with Crippen molar-refractivity contribution < 1.29 is 13.2 Å². The van der Waals surface area contributed by atoms with E-state index in [2.05, 4.69) is 4.98 Å². The molecule has 0 unspecified atom stereocenters. The Labute approximate surface area is 191 Å². The Morgan fingerprint density at radius 1 is 1.06 bits per heavy atom. The number of imidazole rings is 1. The van der Waals surface area contributed by atoms with Crippen molar-refractivity contribution in [3.05, 3.63) is 75.6 Å². The van der Waals surface area contributed by atoms with Gasteiger partial charge in [-0.05, 0) is 50.1 Å². The minimum Gasteiger partial charge on any atom is -0.312 e. The fourth-order valence-electron chi connectivity index (χ4n) is 4.46. The van der Waals surface area contributed by atoms with Gasteiger partial charge in [0.2, 0.25) is 5.95 Å². The van der Waals surface area contributed by atoms with E-state index in [0.717, 1.165) is 22.4 Å². The number of halogens is 4. The number of fused-ring (bicyclic) bond motifs is 1. The predicted molar refractivity (Wildman–Crippen MR) is 121 cm³/mol. The first-order chi connectivity index (χ1) is 15.1. The molecule has 0 radical (unpaired) electrons. The summed E-state index contributed by atoms with van der Waals surface area (Å²) >= 11 is 6.54. The number of alkyl halides is 3. The molecule has 3 aromatic rings. The monoisotopic (exact) mass is 462 g/mol. The van der Waals surface area contributed by atoms with Crippen molar-refractivity contribution in [1.29, 1.82) is 0 Å². The van der Waals surface area contributed by atoms with E-state index in [1.807, 2.05) is 73.2 Å². The van der Waals surface area contributed by atoms with Gasteiger partial charge >= 0.3 is 6.18 Å². The van der Waals surface area contributed by atoms with Crippen molar-refractivity contribution in [3.8, 4) is 0 Å². The maximum Gasteiger partial charge on any atom is 0.435 e. The molecule has 0 saturated heterocycles. The molecule has 32 heavy (non-hydrogen) atoms. The standard InChI is InChI=1S/C24H26ClF3N4/c1-16-12-17(2)21(19(25)13-16)32-11-7-10-31-20(22(24(26,27)28)29-23(31)32)15-30(3)14-18-8-5-4-6-9-18/h4-6,8-9,12-13H,7,10-11,14-15H2,1-3H3. The largest absolute Gasteiger partial charge is 0.435 e. The third kappa shape index (κ3) is 4.50. The Balaban J connectivity index is 1.74. The molecule has 0 N–H and O–H groups in total. The second-order valence-electron chi connectivity index (χ2n) is 8.43. The Kier molecular flexibility index (Phi) is 6.23. The first kappa shape index (κ1) is 22.7. The van der Waals surface area contributed by atoms with Gasteiger partial charge in [0.05, 0.1) is 16.4 Å². The molecule has 0 amide bonds. The van der Waals surface area contributed by atoms with Gasteiger partial charge in [-0.25, -0.2) is 4.98 Å². The highest BCUT2D eigenvalue weighted by Crippen LogP contribution is 2.41. The molecule has 0 saturated carbocycles. The number of aromatic nitrogens is 2. The van der Waals surface area contributed by atoms with Gasteiger partial charge in [-0.15, -0.1) is 0 Å². The van der Waals surface area contributed by atoms with Crippen LogP contribution in [0.25, 0.3) is 0 Å². The highest BCUT2D eigenvalue weighted by atomic mass is 35.5. The molecule has 1 aliphatic rings. The summed E-state index contributed by atoms with van der Waals surface area (Å²) in [7, 11) is 1.83. The molecule has 0 atom stereocenters. The zero-order chi connectivity index (χ0) is 23.0. The van der Waals surface area contributed by atoms with Crippen molar-refractivity contribution in [2.45, 2.75) is 46.1 Å². The molecular weight excluding hydrogens is 437 g/mol. The summed E-state index contributed by atoms with van der Waals surface area (Å²) in [6, 6.07) is 13.5. The Morgan fingerprint density at radius 2 is 1.78 bits per heavy atom.